The highest BCUT2D eigenvalue weighted by molar-refractivity contribution is 5.67. The number of carboxylic acids is 1. The molecule has 0 aliphatic rings. The van der Waals surface area contributed by atoms with Crippen LogP contribution < -0.4 is 5.56 Å². The monoisotopic (exact) mass is 261 g/mol. The third kappa shape index (κ3) is 2.47. The largest absolute Gasteiger partial charge is 0.481 e. The van der Waals surface area contributed by atoms with Crippen LogP contribution in [0.15, 0.2) is 10.9 Å². The van der Waals surface area contributed by atoms with Crippen LogP contribution in [0.1, 0.15) is 29.1 Å². The summed E-state index contributed by atoms with van der Waals surface area (Å²) < 4.78 is 1.43. The third-order valence-electron chi connectivity index (χ3n) is 3.00. The Morgan fingerprint density at radius 3 is 2.63 bits per heavy atom. The van der Waals surface area contributed by atoms with Gasteiger partial charge in [0.15, 0.2) is 0 Å². The van der Waals surface area contributed by atoms with Gasteiger partial charge in [-0.25, -0.2) is 14.4 Å². The van der Waals surface area contributed by atoms with E-state index in [-0.39, 0.29) is 18.4 Å². The summed E-state index contributed by atoms with van der Waals surface area (Å²) in [5.74, 6) is -0.568. The van der Waals surface area contributed by atoms with E-state index < -0.39 is 5.97 Å². The molecule has 2 heterocycles. The van der Waals surface area contributed by atoms with Crippen LogP contribution in [0, 0.1) is 20.8 Å². The van der Waals surface area contributed by atoms with Crippen molar-refractivity contribution in [2.24, 2.45) is 0 Å². The summed E-state index contributed by atoms with van der Waals surface area (Å²) >= 11 is 0. The predicted molar refractivity (Wildman–Crippen MR) is 69.4 cm³/mol. The van der Waals surface area contributed by atoms with E-state index >= 15 is 0 Å². The molecular formula is C13H15N3O3. The molecule has 100 valence electrons. The zero-order valence-electron chi connectivity index (χ0n) is 11.1. The first-order chi connectivity index (χ1) is 8.90. The van der Waals surface area contributed by atoms with Crippen LogP contribution in [0.4, 0.5) is 0 Å². The van der Waals surface area contributed by atoms with E-state index in [1.54, 1.807) is 19.9 Å². The first kappa shape index (κ1) is 13.2. The molecule has 0 spiro atoms. The molecule has 1 N–H and O–H groups in total. The molecule has 0 saturated carbocycles. The molecule has 0 atom stereocenters. The van der Waals surface area contributed by atoms with Gasteiger partial charge in [0.2, 0.25) is 5.78 Å². The van der Waals surface area contributed by atoms with Crippen molar-refractivity contribution in [3.05, 3.63) is 39.1 Å². The molecule has 6 nitrogen and oxygen atoms in total. The van der Waals surface area contributed by atoms with Gasteiger partial charge in [0.05, 0.1) is 5.69 Å². The zero-order chi connectivity index (χ0) is 14.2. The summed E-state index contributed by atoms with van der Waals surface area (Å²) in [5.41, 5.74) is 2.30. The van der Waals surface area contributed by atoms with Gasteiger partial charge in [0, 0.05) is 23.4 Å². The Balaban J connectivity index is 2.68. The van der Waals surface area contributed by atoms with Crippen LogP contribution in [0.3, 0.4) is 0 Å². The maximum Gasteiger partial charge on any atom is 0.303 e. The van der Waals surface area contributed by atoms with Gasteiger partial charge in [-0.15, -0.1) is 0 Å². The summed E-state index contributed by atoms with van der Waals surface area (Å²) in [4.78, 5) is 31.5. The van der Waals surface area contributed by atoms with Crippen molar-refractivity contribution in [2.45, 2.75) is 33.6 Å². The van der Waals surface area contributed by atoms with Gasteiger partial charge < -0.3 is 5.11 Å². The standard InChI is InChI=1S/C13H15N3O3/c1-7-6-8(2)16-12(19)10(4-5-11(17)18)9(3)15-13(16)14-7/h6H,4-5H2,1-3H3,(H,17,18). The van der Waals surface area contributed by atoms with Crippen molar-refractivity contribution in [2.75, 3.05) is 0 Å². The molecule has 0 aliphatic heterocycles. The molecule has 0 fully saturated rings. The minimum absolute atomic E-state index is 0.0812. The molecule has 0 bridgehead atoms. The van der Waals surface area contributed by atoms with Gasteiger partial charge in [0.1, 0.15) is 0 Å². The number of aromatic nitrogens is 3. The second-order valence-corrected chi connectivity index (χ2v) is 4.55. The molecule has 0 unspecified atom stereocenters. The molecule has 0 amide bonds. The Bertz CT molecular complexity index is 719. The number of aryl methyl sites for hydroxylation is 3. The highest BCUT2D eigenvalue weighted by Gasteiger charge is 2.13. The lowest BCUT2D eigenvalue weighted by atomic mass is 10.1. The molecule has 0 saturated heterocycles. The van der Waals surface area contributed by atoms with Crippen LogP contribution >= 0.6 is 0 Å². The quantitative estimate of drug-likeness (QED) is 0.892. The SMILES string of the molecule is Cc1cc(C)n2c(=O)c(CCC(=O)O)c(C)nc2n1. The number of carboxylic acid groups (broad SMARTS) is 1. The summed E-state index contributed by atoms with van der Waals surface area (Å²) in [5, 5.41) is 8.72. The van der Waals surface area contributed by atoms with Crippen LogP contribution in [0.2, 0.25) is 0 Å². The Morgan fingerprint density at radius 1 is 1.32 bits per heavy atom. The average molecular weight is 261 g/mol. The minimum Gasteiger partial charge on any atom is -0.481 e. The predicted octanol–water partition coefficient (Wildman–Crippen LogP) is 1.03. The zero-order valence-corrected chi connectivity index (χ0v) is 11.1. The first-order valence-electron chi connectivity index (χ1n) is 5.98. The Morgan fingerprint density at radius 2 is 2.00 bits per heavy atom. The molecule has 6 heteroatoms. The van der Waals surface area contributed by atoms with Crippen molar-refractivity contribution in [3.63, 3.8) is 0 Å². The summed E-state index contributed by atoms with van der Waals surface area (Å²) in [6.07, 6.45) is 0.103. The fraction of sp³-hybridized carbons (Fsp3) is 0.385. The number of nitrogens with zero attached hydrogens (tertiary/aromatic N) is 3. The number of hydrogen-bond acceptors (Lipinski definition) is 4. The van der Waals surface area contributed by atoms with Crippen LogP contribution in [-0.4, -0.2) is 25.4 Å². The normalized spacial score (nSPS) is 10.9. The van der Waals surface area contributed by atoms with Crippen molar-refractivity contribution in [1.82, 2.24) is 14.4 Å². The third-order valence-corrected chi connectivity index (χ3v) is 3.00. The lowest BCUT2D eigenvalue weighted by molar-refractivity contribution is -0.136. The molecule has 0 aromatic carbocycles. The Hall–Kier alpha value is -2.24. The molecular weight excluding hydrogens is 246 g/mol. The molecule has 19 heavy (non-hydrogen) atoms. The van der Waals surface area contributed by atoms with E-state index in [9.17, 15) is 9.59 Å². The highest BCUT2D eigenvalue weighted by Crippen LogP contribution is 2.08. The number of hydrogen-bond donors (Lipinski definition) is 1. The Kier molecular flexibility index (Phi) is 3.33. The van der Waals surface area contributed by atoms with Gasteiger partial charge in [-0.2, -0.15) is 0 Å². The van der Waals surface area contributed by atoms with Crippen molar-refractivity contribution in [1.29, 1.82) is 0 Å². The molecule has 2 aromatic heterocycles. The van der Waals surface area contributed by atoms with E-state index in [0.29, 0.717) is 17.0 Å². The van der Waals surface area contributed by atoms with Crippen LogP contribution in [-0.2, 0) is 11.2 Å². The lowest BCUT2D eigenvalue weighted by Gasteiger charge is -2.09. The minimum atomic E-state index is -0.928. The summed E-state index contributed by atoms with van der Waals surface area (Å²) in [7, 11) is 0. The molecule has 0 aliphatic carbocycles. The summed E-state index contributed by atoms with van der Waals surface area (Å²) in [6, 6.07) is 1.80. The molecule has 2 rings (SSSR count). The van der Waals surface area contributed by atoms with Gasteiger partial charge >= 0.3 is 5.97 Å². The van der Waals surface area contributed by atoms with Crippen molar-refractivity contribution >= 4 is 11.7 Å². The lowest BCUT2D eigenvalue weighted by Crippen LogP contribution is -2.24. The summed E-state index contributed by atoms with van der Waals surface area (Å²) in [6.45, 7) is 5.35. The van der Waals surface area contributed by atoms with Crippen LogP contribution in [0.25, 0.3) is 5.78 Å². The van der Waals surface area contributed by atoms with Gasteiger partial charge in [0.25, 0.3) is 5.56 Å². The van der Waals surface area contributed by atoms with E-state index in [2.05, 4.69) is 9.97 Å². The van der Waals surface area contributed by atoms with E-state index in [1.807, 2.05) is 6.92 Å². The van der Waals surface area contributed by atoms with Gasteiger partial charge in [-0.05, 0) is 33.3 Å². The number of fused-ring (bicyclic) bond motifs is 1. The highest BCUT2D eigenvalue weighted by atomic mass is 16.4. The fourth-order valence-corrected chi connectivity index (χ4v) is 2.12. The van der Waals surface area contributed by atoms with Gasteiger partial charge in [-0.1, -0.05) is 0 Å². The van der Waals surface area contributed by atoms with Crippen LogP contribution in [0.5, 0.6) is 0 Å². The van der Waals surface area contributed by atoms with E-state index in [0.717, 1.165) is 11.4 Å². The maximum atomic E-state index is 12.4. The number of rotatable bonds is 3. The average Bonchev–Trinajstić information content (AvgIpc) is 2.26. The smallest absolute Gasteiger partial charge is 0.303 e. The molecule has 0 radical (unpaired) electrons. The number of carbonyl (C=O) groups is 1. The number of aliphatic carboxylic acids is 1. The maximum absolute atomic E-state index is 12.4. The van der Waals surface area contributed by atoms with Crippen molar-refractivity contribution in [3.8, 4) is 0 Å². The van der Waals surface area contributed by atoms with Gasteiger partial charge in [-0.3, -0.25) is 9.59 Å². The molecule has 2 aromatic rings. The van der Waals surface area contributed by atoms with Crippen molar-refractivity contribution < 1.29 is 9.90 Å². The van der Waals surface area contributed by atoms with E-state index in [1.165, 1.54) is 4.40 Å². The fourth-order valence-electron chi connectivity index (χ4n) is 2.12. The van der Waals surface area contributed by atoms with E-state index in [4.69, 9.17) is 5.11 Å². The first-order valence-corrected chi connectivity index (χ1v) is 5.98. The Labute approximate surface area is 109 Å². The second-order valence-electron chi connectivity index (χ2n) is 4.55. The second kappa shape index (κ2) is 4.79. The topological polar surface area (TPSA) is 84.6 Å².